The molecular weight excluding hydrogens is 506 g/mol. The van der Waals surface area contributed by atoms with Crippen molar-refractivity contribution in [1.82, 2.24) is 24.6 Å². The summed E-state index contributed by atoms with van der Waals surface area (Å²) >= 11 is 7.64. The van der Waals surface area contributed by atoms with Crippen molar-refractivity contribution in [3.63, 3.8) is 0 Å². The topological polar surface area (TPSA) is 71.3 Å². The third-order valence-electron chi connectivity index (χ3n) is 6.54. The number of alkyl halides is 1. The molecule has 1 fully saturated rings. The first-order valence-electron chi connectivity index (χ1n) is 12.8. The molecule has 2 unspecified atom stereocenters. The molecule has 3 aromatic rings. The summed E-state index contributed by atoms with van der Waals surface area (Å²) in [6.07, 6.45) is 2.94. The second-order valence-electron chi connectivity index (χ2n) is 9.37. The normalized spacial score (nSPS) is 16.6. The molecule has 1 aliphatic rings. The SMILES string of the molecule is CC(Cl)C(=O)N1CCN(C(=O)CCCCSc2nnc(Cc3ccccc3)n2-c2ccccc2)CC1C. The Hall–Kier alpha value is -2.84. The van der Waals surface area contributed by atoms with E-state index in [0.717, 1.165) is 35.3 Å². The lowest BCUT2D eigenvalue weighted by molar-refractivity contribution is -0.142. The van der Waals surface area contributed by atoms with Gasteiger partial charge in [-0.3, -0.25) is 14.2 Å². The summed E-state index contributed by atoms with van der Waals surface area (Å²) in [4.78, 5) is 28.7. The van der Waals surface area contributed by atoms with Crippen LogP contribution in [0.15, 0.2) is 65.8 Å². The fourth-order valence-corrected chi connectivity index (χ4v) is 5.66. The highest BCUT2D eigenvalue weighted by molar-refractivity contribution is 7.99. The Labute approximate surface area is 228 Å². The molecule has 2 atom stereocenters. The Morgan fingerprint density at radius 2 is 1.73 bits per heavy atom. The molecule has 196 valence electrons. The van der Waals surface area contributed by atoms with Crippen LogP contribution in [0.1, 0.15) is 44.5 Å². The predicted molar refractivity (Wildman–Crippen MR) is 148 cm³/mol. The van der Waals surface area contributed by atoms with Crippen LogP contribution in [0.5, 0.6) is 0 Å². The lowest BCUT2D eigenvalue weighted by Gasteiger charge is -2.40. The van der Waals surface area contributed by atoms with Crippen molar-refractivity contribution in [3.05, 3.63) is 72.1 Å². The average Bonchev–Trinajstić information content (AvgIpc) is 3.31. The van der Waals surface area contributed by atoms with Gasteiger partial charge in [-0.2, -0.15) is 0 Å². The molecule has 37 heavy (non-hydrogen) atoms. The Kier molecular flexibility index (Phi) is 9.63. The highest BCUT2D eigenvalue weighted by Crippen LogP contribution is 2.25. The van der Waals surface area contributed by atoms with E-state index in [2.05, 4.69) is 39.0 Å². The van der Waals surface area contributed by atoms with Gasteiger partial charge in [0.25, 0.3) is 0 Å². The number of nitrogens with zero attached hydrogens (tertiary/aromatic N) is 5. The highest BCUT2D eigenvalue weighted by Gasteiger charge is 2.31. The number of halogens is 1. The Morgan fingerprint density at radius 3 is 2.41 bits per heavy atom. The Bertz CT molecular complexity index is 1170. The zero-order valence-corrected chi connectivity index (χ0v) is 23.0. The van der Waals surface area contributed by atoms with Gasteiger partial charge in [-0.05, 0) is 44.4 Å². The number of piperazine rings is 1. The number of carbonyl (C=O) groups excluding carboxylic acids is 2. The lowest BCUT2D eigenvalue weighted by atomic mass is 10.1. The molecule has 2 heterocycles. The molecule has 1 aliphatic heterocycles. The summed E-state index contributed by atoms with van der Waals surface area (Å²) in [5.41, 5.74) is 2.24. The van der Waals surface area contributed by atoms with Gasteiger partial charge in [0, 0.05) is 50.0 Å². The zero-order chi connectivity index (χ0) is 26.2. The average molecular weight is 540 g/mol. The number of amides is 2. The molecule has 0 N–H and O–H groups in total. The first-order chi connectivity index (χ1) is 17.9. The standard InChI is InChI=1S/C28H34ClN5O2S/c1-21-20-32(16-17-33(21)27(36)22(2)29)26(35)15-9-10-18-37-28-31-30-25(19-23-11-5-3-6-12-23)34(28)24-13-7-4-8-14-24/h3-8,11-14,21-22H,9-10,15-20H2,1-2H3. The van der Waals surface area contributed by atoms with Gasteiger partial charge in [-0.1, -0.05) is 60.3 Å². The molecule has 7 nitrogen and oxygen atoms in total. The maximum Gasteiger partial charge on any atom is 0.240 e. The van der Waals surface area contributed by atoms with Gasteiger partial charge in [0.2, 0.25) is 11.8 Å². The van der Waals surface area contributed by atoms with Crippen LogP contribution < -0.4 is 0 Å². The van der Waals surface area contributed by atoms with Crippen LogP contribution in [0.4, 0.5) is 0 Å². The minimum atomic E-state index is -0.538. The van der Waals surface area contributed by atoms with Crippen molar-refractivity contribution < 1.29 is 9.59 Å². The Balaban J connectivity index is 1.28. The minimum absolute atomic E-state index is 0.0172. The van der Waals surface area contributed by atoms with E-state index in [0.29, 0.717) is 32.5 Å². The smallest absolute Gasteiger partial charge is 0.240 e. The molecule has 9 heteroatoms. The van der Waals surface area contributed by atoms with E-state index in [1.54, 1.807) is 23.6 Å². The number of unbranched alkanes of at least 4 members (excludes halogenated alkanes) is 1. The van der Waals surface area contributed by atoms with E-state index in [-0.39, 0.29) is 17.9 Å². The number of rotatable bonds is 10. The van der Waals surface area contributed by atoms with Crippen molar-refractivity contribution in [2.24, 2.45) is 0 Å². The quantitative estimate of drug-likeness (QED) is 0.210. The number of para-hydroxylation sites is 1. The number of carbonyl (C=O) groups is 2. The first-order valence-corrected chi connectivity index (χ1v) is 14.2. The molecule has 2 amide bonds. The molecule has 0 spiro atoms. The zero-order valence-electron chi connectivity index (χ0n) is 21.4. The van der Waals surface area contributed by atoms with Gasteiger partial charge in [0.15, 0.2) is 5.16 Å². The number of aromatic nitrogens is 3. The molecule has 4 rings (SSSR count). The minimum Gasteiger partial charge on any atom is -0.339 e. The van der Waals surface area contributed by atoms with Gasteiger partial charge in [0.05, 0.1) is 0 Å². The molecule has 0 saturated carbocycles. The molecular formula is C28H34ClN5O2S. The number of thioether (sulfide) groups is 1. The van der Waals surface area contributed by atoms with Crippen molar-refractivity contribution >= 4 is 35.2 Å². The number of benzene rings is 2. The van der Waals surface area contributed by atoms with Crippen LogP contribution >= 0.6 is 23.4 Å². The third-order valence-corrected chi connectivity index (χ3v) is 7.74. The van der Waals surface area contributed by atoms with Crippen LogP contribution in [-0.2, 0) is 16.0 Å². The second-order valence-corrected chi connectivity index (χ2v) is 11.1. The van der Waals surface area contributed by atoms with E-state index in [1.807, 2.05) is 48.2 Å². The molecule has 2 aromatic carbocycles. The predicted octanol–water partition coefficient (Wildman–Crippen LogP) is 4.81. The van der Waals surface area contributed by atoms with Crippen molar-refractivity contribution in [1.29, 1.82) is 0 Å². The van der Waals surface area contributed by atoms with E-state index in [9.17, 15) is 9.59 Å². The van der Waals surface area contributed by atoms with Gasteiger partial charge >= 0.3 is 0 Å². The fourth-order valence-electron chi connectivity index (χ4n) is 4.56. The van der Waals surface area contributed by atoms with Crippen molar-refractivity contribution in [3.8, 4) is 5.69 Å². The summed E-state index contributed by atoms with van der Waals surface area (Å²) < 4.78 is 2.13. The summed E-state index contributed by atoms with van der Waals surface area (Å²) in [5.74, 6) is 1.86. The molecule has 0 aliphatic carbocycles. The Morgan fingerprint density at radius 1 is 1.03 bits per heavy atom. The van der Waals surface area contributed by atoms with Crippen LogP contribution in [0.25, 0.3) is 5.69 Å². The number of hydrogen-bond donors (Lipinski definition) is 0. The third kappa shape index (κ3) is 7.14. The van der Waals surface area contributed by atoms with Crippen LogP contribution in [0.2, 0.25) is 0 Å². The van der Waals surface area contributed by atoms with Crippen molar-refractivity contribution in [2.75, 3.05) is 25.4 Å². The van der Waals surface area contributed by atoms with Gasteiger partial charge < -0.3 is 9.80 Å². The van der Waals surface area contributed by atoms with Crippen LogP contribution in [-0.4, -0.2) is 73.2 Å². The number of hydrogen-bond acceptors (Lipinski definition) is 5. The van der Waals surface area contributed by atoms with Crippen LogP contribution in [0.3, 0.4) is 0 Å². The maximum absolute atomic E-state index is 12.8. The van der Waals surface area contributed by atoms with Gasteiger partial charge in [0.1, 0.15) is 11.2 Å². The summed E-state index contributed by atoms with van der Waals surface area (Å²) in [6, 6.07) is 20.5. The van der Waals surface area contributed by atoms with E-state index < -0.39 is 5.38 Å². The van der Waals surface area contributed by atoms with E-state index in [1.165, 1.54) is 5.56 Å². The monoisotopic (exact) mass is 539 g/mol. The lowest BCUT2D eigenvalue weighted by Crippen LogP contribution is -2.56. The van der Waals surface area contributed by atoms with E-state index >= 15 is 0 Å². The molecule has 0 bridgehead atoms. The van der Waals surface area contributed by atoms with Gasteiger partial charge in [-0.25, -0.2) is 0 Å². The van der Waals surface area contributed by atoms with E-state index in [4.69, 9.17) is 11.6 Å². The molecule has 1 aromatic heterocycles. The molecule has 1 saturated heterocycles. The van der Waals surface area contributed by atoms with Crippen LogP contribution in [0, 0.1) is 0 Å². The fraction of sp³-hybridized carbons (Fsp3) is 0.429. The molecule has 0 radical (unpaired) electrons. The first kappa shape index (κ1) is 27.2. The van der Waals surface area contributed by atoms with Crippen molar-refractivity contribution in [2.45, 2.75) is 56.1 Å². The second kappa shape index (κ2) is 13.1. The summed E-state index contributed by atoms with van der Waals surface area (Å²) in [7, 11) is 0. The summed E-state index contributed by atoms with van der Waals surface area (Å²) in [5, 5.41) is 9.33. The highest BCUT2D eigenvalue weighted by atomic mass is 35.5. The largest absolute Gasteiger partial charge is 0.339 e. The maximum atomic E-state index is 12.8. The summed E-state index contributed by atoms with van der Waals surface area (Å²) in [6.45, 7) is 5.34. The van der Waals surface area contributed by atoms with Gasteiger partial charge in [-0.15, -0.1) is 21.8 Å².